The highest BCUT2D eigenvalue weighted by Crippen LogP contribution is 2.38. The average molecular weight is 407 g/mol. The summed E-state index contributed by atoms with van der Waals surface area (Å²) < 4.78 is 11.9. The van der Waals surface area contributed by atoms with Crippen molar-refractivity contribution in [2.24, 2.45) is 11.8 Å². The van der Waals surface area contributed by atoms with E-state index in [0.29, 0.717) is 5.92 Å². The van der Waals surface area contributed by atoms with Gasteiger partial charge in [0.25, 0.3) is 0 Å². The third kappa shape index (κ3) is 4.98. The summed E-state index contributed by atoms with van der Waals surface area (Å²) in [6.45, 7) is 8.43. The van der Waals surface area contributed by atoms with E-state index in [0.717, 1.165) is 30.6 Å². The molecule has 0 amide bonds. The molecule has 2 aliphatic rings. The van der Waals surface area contributed by atoms with Gasteiger partial charge in [-0.1, -0.05) is 69.2 Å². The first kappa shape index (κ1) is 21.6. The lowest BCUT2D eigenvalue weighted by molar-refractivity contribution is -0.206. The van der Waals surface area contributed by atoms with Crippen molar-refractivity contribution in [3.05, 3.63) is 59.2 Å². The fraction of sp³-hybridized carbons (Fsp3) is 0.571. The molecule has 1 saturated heterocycles. The first-order chi connectivity index (χ1) is 14.7. The van der Waals surface area contributed by atoms with Crippen LogP contribution in [0.2, 0.25) is 0 Å². The van der Waals surface area contributed by atoms with Gasteiger partial charge in [-0.15, -0.1) is 0 Å². The summed E-state index contributed by atoms with van der Waals surface area (Å²) in [6, 6.07) is 15.9. The molecule has 0 spiro atoms. The fourth-order valence-electron chi connectivity index (χ4n) is 5.30. The molecule has 2 fully saturated rings. The molecule has 2 aromatic carbocycles. The Labute approximate surface area is 183 Å². The third-order valence-electron chi connectivity index (χ3n) is 7.30. The average Bonchev–Trinajstić information content (AvgIpc) is 2.80. The summed E-state index contributed by atoms with van der Waals surface area (Å²) in [7, 11) is 0. The summed E-state index contributed by atoms with van der Waals surface area (Å²) in [5.41, 5.74) is 6.65. The van der Waals surface area contributed by atoms with Crippen LogP contribution in [0, 0.1) is 18.8 Å². The largest absolute Gasteiger partial charge is 0.348 e. The zero-order valence-corrected chi connectivity index (χ0v) is 19.0. The van der Waals surface area contributed by atoms with Gasteiger partial charge in [0.1, 0.15) is 0 Å². The normalized spacial score (nSPS) is 27.2. The van der Waals surface area contributed by atoms with Crippen LogP contribution in [-0.2, 0) is 9.47 Å². The zero-order chi connectivity index (χ0) is 20.9. The molecule has 2 heteroatoms. The Morgan fingerprint density at radius 3 is 2.07 bits per heavy atom. The van der Waals surface area contributed by atoms with E-state index in [-0.39, 0.29) is 6.29 Å². The van der Waals surface area contributed by atoms with Crippen LogP contribution >= 0.6 is 0 Å². The van der Waals surface area contributed by atoms with Crippen LogP contribution in [-0.4, -0.2) is 13.2 Å². The molecule has 0 atom stereocenters. The SMILES string of the molecule is CCC[C@H]1CO[C@H](c2ccc(-c3ccc(C4CCC(CC)CC4)cc3C)cc2)OC1. The second kappa shape index (κ2) is 10.1. The van der Waals surface area contributed by atoms with Crippen molar-refractivity contribution in [3.8, 4) is 11.1 Å². The van der Waals surface area contributed by atoms with Gasteiger partial charge in [-0.05, 0) is 73.1 Å². The van der Waals surface area contributed by atoms with Crippen molar-refractivity contribution in [1.82, 2.24) is 0 Å². The number of hydrogen-bond acceptors (Lipinski definition) is 2. The van der Waals surface area contributed by atoms with Crippen LogP contribution < -0.4 is 0 Å². The number of aryl methyl sites for hydroxylation is 1. The quantitative estimate of drug-likeness (QED) is 0.487. The minimum absolute atomic E-state index is 0.214. The van der Waals surface area contributed by atoms with Crippen LogP contribution in [0.5, 0.6) is 0 Å². The smallest absolute Gasteiger partial charge is 0.183 e. The lowest BCUT2D eigenvalue weighted by Crippen LogP contribution is -2.26. The fourth-order valence-corrected chi connectivity index (χ4v) is 5.30. The van der Waals surface area contributed by atoms with Crippen molar-refractivity contribution < 1.29 is 9.47 Å². The number of benzene rings is 2. The molecule has 2 aromatic rings. The summed E-state index contributed by atoms with van der Waals surface area (Å²) in [4.78, 5) is 0. The van der Waals surface area contributed by atoms with E-state index in [2.05, 4.69) is 63.2 Å². The summed E-state index contributed by atoms with van der Waals surface area (Å²) in [5.74, 6) is 2.25. The second-order valence-electron chi connectivity index (χ2n) is 9.48. The van der Waals surface area contributed by atoms with Gasteiger partial charge in [0.05, 0.1) is 13.2 Å². The van der Waals surface area contributed by atoms with Crippen LogP contribution in [0.25, 0.3) is 11.1 Å². The summed E-state index contributed by atoms with van der Waals surface area (Å²) in [6.07, 6.45) is 9.00. The van der Waals surface area contributed by atoms with Crippen LogP contribution in [0.15, 0.2) is 42.5 Å². The molecular formula is C28H38O2. The van der Waals surface area contributed by atoms with E-state index in [1.54, 1.807) is 0 Å². The van der Waals surface area contributed by atoms with Gasteiger partial charge in [-0.25, -0.2) is 0 Å². The number of hydrogen-bond donors (Lipinski definition) is 0. The predicted molar refractivity (Wildman–Crippen MR) is 125 cm³/mol. The van der Waals surface area contributed by atoms with E-state index in [4.69, 9.17) is 9.47 Å². The van der Waals surface area contributed by atoms with Crippen molar-refractivity contribution >= 4 is 0 Å². The van der Waals surface area contributed by atoms with E-state index in [1.165, 1.54) is 67.2 Å². The lowest BCUT2D eigenvalue weighted by Gasteiger charge is -2.29. The van der Waals surface area contributed by atoms with Gasteiger partial charge in [0.2, 0.25) is 0 Å². The monoisotopic (exact) mass is 406 g/mol. The molecule has 0 radical (unpaired) electrons. The van der Waals surface area contributed by atoms with Crippen LogP contribution in [0.3, 0.4) is 0 Å². The summed E-state index contributed by atoms with van der Waals surface area (Å²) in [5, 5.41) is 0. The second-order valence-corrected chi connectivity index (χ2v) is 9.48. The maximum atomic E-state index is 5.97. The molecule has 1 heterocycles. The Hall–Kier alpha value is -1.64. The van der Waals surface area contributed by atoms with Gasteiger partial charge in [-0.3, -0.25) is 0 Å². The number of ether oxygens (including phenoxy) is 2. The Morgan fingerprint density at radius 2 is 1.47 bits per heavy atom. The standard InChI is InChI=1S/C28H38O2/c1-4-6-22-18-29-28(30-19-22)25-13-11-24(12-14-25)27-16-15-26(17-20(27)3)23-9-7-21(5-2)8-10-23/h11-17,21-23,28H,4-10,18-19H2,1-3H3/t21?,22-,23?,28-. The van der Waals surface area contributed by atoms with E-state index in [1.807, 2.05) is 0 Å². The van der Waals surface area contributed by atoms with Crippen LogP contribution in [0.1, 0.15) is 87.7 Å². The van der Waals surface area contributed by atoms with Gasteiger partial charge in [0.15, 0.2) is 6.29 Å². The van der Waals surface area contributed by atoms with Crippen molar-refractivity contribution in [1.29, 1.82) is 0 Å². The Balaban J connectivity index is 1.41. The first-order valence-corrected chi connectivity index (χ1v) is 12.1. The Kier molecular flexibility index (Phi) is 7.28. The Bertz CT molecular complexity index is 794. The molecule has 30 heavy (non-hydrogen) atoms. The zero-order valence-electron chi connectivity index (χ0n) is 19.0. The van der Waals surface area contributed by atoms with Crippen molar-refractivity contribution in [2.45, 2.75) is 77.9 Å². The molecule has 1 aliphatic carbocycles. The van der Waals surface area contributed by atoms with Crippen molar-refractivity contribution in [2.75, 3.05) is 13.2 Å². The van der Waals surface area contributed by atoms with E-state index in [9.17, 15) is 0 Å². The highest BCUT2D eigenvalue weighted by atomic mass is 16.7. The van der Waals surface area contributed by atoms with E-state index < -0.39 is 0 Å². The first-order valence-electron chi connectivity index (χ1n) is 12.1. The highest BCUT2D eigenvalue weighted by molar-refractivity contribution is 5.68. The van der Waals surface area contributed by atoms with Gasteiger partial charge >= 0.3 is 0 Å². The van der Waals surface area contributed by atoms with Gasteiger partial charge < -0.3 is 9.47 Å². The molecule has 1 saturated carbocycles. The molecule has 0 bridgehead atoms. The van der Waals surface area contributed by atoms with E-state index >= 15 is 0 Å². The summed E-state index contributed by atoms with van der Waals surface area (Å²) >= 11 is 0. The van der Waals surface area contributed by atoms with Crippen LogP contribution in [0.4, 0.5) is 0 Å². The molecule has 1 aliphatic heterocycles. The number of rotatable bonds is 6. The Morgan fingerprint density at radius 1 is 0.800 bits per heavy atom. The molecule has 0 unspecified atom stereocenters. The maximum Gasteiger partial charge on any atom is 0.183 e. The van der Waals surface area contributed by atoms with Gasteiger partial charge in [0, 0.05) is 11.5 Å². The molecule has 0 aromatic heterocycles. The lowest BCUT2D eigenvalue weighted by atomic mass is 9.77. The molecule has 162 valence electrons. The minimum atomic E-state index is -0.214. The third-order valence-corrected chi connectivity index (χ3v) is 7.30. The molecule has 4 rings (SSSR count). The topological polar surface area (TPSA) is 18.5 Å². The molecule has 0 N–H and O–H groups in total. The molecule has 2 nitrogen and oxygen atoms in total. The van der Waals surface area contributed by atoms with Gasteiger partial charge in [-0.2, -0.15) is 0 Å². The van der Waals surface area contributed by atoms with Crippen molar-refractivity contribution in [3.63, 3.8) is 0 Å². The molecular weight excluding hydrogens is 368 g/mol. The maximum absolute atomic E-state index is 5.97. The highest BCUT2D eigenvalue weighted by Gasteiger charge is 2.24. The minimum Gasteiger partial charge on any atom is -0.348 e. The predicted octanol–water partition coefficient (Wildman–Crippen LogP) is 7.81.